The highest BCUT2D eigenvalue weighted by atomic mass is 14.9. The molecule has 3 aromatic carbocycles. The molecule has 0 N–H and O–H groups in total. The van der Waals surface area contributed by atoms with Gasteiger partial charge in [0, 0.05) is 16.8 Å². The molecule has 0 saturated carbocycles. The van der Waals surface area contributed by atoms with Crippen LogP contribution in [0, 0.1) is 0 Å². The Kier molecular flexibility index (Phi) is 4.57. The van der Waals surface area contributed by atoms with Crippen LogP contribution >= 0.6 is 0 Å². The molecule has 0 aliphatic rings. The zero-order chi connectivity index (χ0) is 17.8. The molecule has 0 aliphatic carbocycles. The number of aromatic nitrogens is 2. The lowest BCUT2D eigenvalue weighted by Crippen LogP contribution is -1.97. The summed E-state index contributed by atoms with van der Waals surface area (Å²) in [6, 6.07) is 31.2. The van der Waals surface area contributed by atoms with Gasteiger partial charge in [-0.15, -0.1) is 0 Å². The van der Waals surface area contributed by atoms with Crippen LogP contribution in [-0.4, -0.2) is 9.97 Å². The fourth-order valence-corrected chi connectivity index (χ4v) is 3.01. The van der Waals surface area contributed by atoms with E-state index < -0.39 is 0 Å². The number of aryl methyl sites for hydroxylation is 1. The summed E-state index contributed by atoms with van der Waals surface area (Å²) in [6.07, 6.45) is 0.886. The molecule has 26 heavy (non-hydrogen) atoms. The van der Waals surface area contributed by atoms with E-state index in [4.69, 9.17) is 9.97 Å². The van der Waals surface area contributed by atoms with Gasteiger partial charge in [-0.05, 0) is 23.6 Å². The molecule has 0 saturated heterocycles. The van der Waals surface area contributed by atoms with E-state index in [0.29, 0.717) is 0 Å². The number of hydrogen-bond acceptors (Lipinski definition) is 2. The first kappa shape index (κ1) is 16.2. The van der Waals surface area contributed by atoms with Crippen LogP contribution in [0.5, 0.6) is 0 Å². The molecule has 0 bridgehead atoms. The fraction of sp³-hybridized carbons (Fsp3) is 0.0833. The van der Waals surface area contributed by atoms with Gasteiger partial charge in [-0.25, -0.2) is 9.97 Å². The molecular formula is C24H20N2. The zero-order valence-corrected chi connectivity index (χ0v) is 14.8. The third-order valence-electron chi connectivity index (χ3n) is 4.46. The van der Waals surface area contributed by atoms with Crippen LogP contribution in [0.3, 0.4) is 0 Å². The van der Waals surface area contributed by atoms with Crippen molar-refractivity contribution in [3.05, 3.63) is 96.7 Å². The van der Waals surface area contributed by atoms with Crippen molar-refractivity contribution in [2.45, 2.75) is 13.3 Å². The third kappa shape index (κ3) is 3.40. The van der Waals surface area contributed by atoms with Crippen LogP contribution in [-0.2, 0) is 6.42 Å². The molecule has 2 heteroatoms. The van der Waals surface area contributed by atoms with Crippen LogP contribution in [0.4, 0.5) is 0 Å². The van der Waals surface area contributed by atoms with Gasteiger partial charge >= 0.3 is 0 Å². The predicted molar refractivity (Wildman–Crippen MR) is 108 cm³/mol. The molecule has 0 aliphatic heterocycles. The molecule has 1 heterocycles. The van der Waals surface area contributed by atoms with Crippen molar-refractivity contribution >= 4 is 0 Å². The molecule has 0 atom stereocenters. The molecule has 0 amide bonds. The maximum absolute atomic E-state index is 4.81. The summed E-state index contributed by atoms with van der Waals surface area (Å²) in [6.45, 7) is 2.12. The summed E-state index contributed by atoms with van der Waals surface area (Å²) in [5.41, 5.74) is 6.61. The standard InChI is InChI=1S/C24H20N2/c1-2-22-17-23(26-24(25-22)21-11-7-4-8-12-21)20-15-13-19(14-16-20)18-9-5-3-6-10-18/h3-17H,2H2,1H3. The van der Waals surface area contributed by atoms with Gasteiger partial charge < -0.3 is 0 Å². The fourth-order valence-electron chi connectivity index (χ4n) is 3.01. The molecule has 0 unspecified atom stereocenters. The molecule has 126 valence electrons. The maximum atomic E-state index is 4.81. The van der Waals surface area contributed by atoms with E-state index in [-0.39, 0.29) is 0 Å². The summed E-state index contributed by atoms with van der Waals surface area (Å²) < 4.78 is 0. The van der Waals surface area contributed by atoms with E-state index in [1.165, 1.54) is 11.1 Å². The largest absolute Gasteiger partial charge is 0.233 e. The van der Waals surface area contributed by atoms with Crippen molar-refractivity contribution in [3.8, 4) is 33.8 Å². The summed E-state index contributed by atoms with van der Waals surface area (Å²) in [4.78, 5) is 9.51. The summed E-state index contributed by atoms with van der Waals surface area (Å²) in [5.74, 6) is 0.784. The average molecular weight is 336 g/mol. The van der Waals surface area contributed by atoms with Gasteiger partial charge in [-0.1, -0.05) is 91.9 Å². The molecule has 2 nitrogen and oxygen atoms in total. The second-order valence-corrected chi connectivity index (χ2v) is 6.23. The molecule has 0 spiro atoms. The van der Waals surface area contributed by atoms with E-state index in [2.05, 4.69) is 73.7 Å². The lowest BCUT2D eigenvalue weighted by Gasteiger charge is -2.09. The number of benzene rings is 3. The van der Waals surface area contributed by atoms with Gasteiger partial charge in [0.25, 0.3) is 0 Å². The van der Waals surface area contributed by atoms with E-state index in [0.717, 1.165) is 34.8 Å². The number of hydrogen-bond donors (Lipinski definition) is 0. The molecule has 4 rings (SSSR count). The van der Waals surface area contributed by atoms with Gasteiger partial charge in [0.1, 0.15) is 0 Å². The van der Waals surface area contributed by atoms with Gasteiger partial charge in [-0.3, -0.25) is 0 Å². The first-order valence-electron chi connectivity index (χ1n) is 8.93. The van der Waals surface area contributed by atoms with E-state index in [1.54, 1.807) is 0 Å². The molecule has 4 aromatic rings. The van der Waals surface area contributed by atoms with Crippen molar-refractivity contribution in [1.29, 1.82) is 0 Å². The van der Waals surface area contributed by atoms with Crippen molar-refractivity contribution in [3.63, 3.8) is 0 Å². The van der Waals surface area contributed by atoms with Crippen molar-refractivity contribution in [2.75, 3.05) is 0 Å². The maximum Gasteiger partial charge on any atom is 0.160 e. The average Bonchev–Trinajstić information content (AvgIpc) is 2.75. The Balaban J connectivity index is 1.73. The van der Waals surface area contributed by atoms with Gasteiger partial charge in [0.15, 0.2) is 5.82 Å². The Hall–Kier alpha value is -3.26. The van der Waals surface area contributed by atoms with E-state index in [1.807, 2.05) is 24.3 Å². The van der Waals surface area contributed by atoms with Crippen molar-refractivity contribution in [1.82, 2.24) is 9.97 Å². The topological polar surface area (TPSA) is 25.8 Å². The van der Waals surface area contributed by atoms with Crippen LogP contribution in [0.25, 0.3) is 33.8 Å². The smallest absolute Gasteiger partial charge is 0.160 e. The molecule has 0 fully saturated rings. The summed E-state index contributed by atoms with van der Waals surface area (Å²) in [7, 11) is 0. The first-order chi connectivity index (χ1) is 12.8. The minimum absolute atomic E-state index is 0.784. The Morgan fingerprint density at radius 1 is 0.577 bits per heavy atom. The van der Waals surface area contributed by atoms with Gasteiger partial charge in [0.05, 0.1) is 5.69 Å². The quantitative estimate of drug-likeness (QED) is 0.454. The van der Waals surface area contributed by atoms with Gasteiger partial charge in [0.2, 0.25) is 0 Å². The Morgan fingerprint density at radius 3 is 1.73 bits per heavy atom. The summed E-state index contributed by atoms with van der Waals surface area (Å²) >= 11 is 0. The number of nitrogens with zero attached hydrogens (tertiary/aromatic N) is 2. The van der Waals surface area contributed by atoms with Gasteiger partial charge in [-0.2, -0.15) is 0 Å². The number of rotatable bonds is 4. The van der Waals surface area contributed by atoms with Crippen LogP contribution in [0.15, 0.2) is 91.0 Å². The summed E-state index contributed by atoms with van der Waals surface area (Å²) in [5, 5.41) is 0. The molecular weight excluding hydrogens is 316 g/mol. The minimum atomic E-state index is 0.784. The van der Waals surface area contributed by atoms with E-state index in [9.17, 15) is 0 Å². The minimum Gasteiger partial charge on any atom is -0.233 e. The highest BCUT2D eigenvalue weighted by molar-refractivity contribution is 5.70. The Morgan fingerprint density at radius 2 is 1.12 bits per heavy atom. The second kappa shape index (κ2) is 7.32. The van der Waals surface area contributed by atoms with Crippen LogP contribution in [0.1, 0.15) is 12.6 Å². The lowest BCUT2D eigenvalue weighted by molar-refractivity contribution is 1.01. The first-order valence-corrected chi connectivity index (χ1v) is 8.93. The predicted octanol–water partition coefficient (Wildman–Crippen LogP) is 6.04. The zero-order valence-electron chi connectivity index (χ0n) is 14.8. The SMILES string of the molecule is CCc1cc(-c2ccc(-c3ccccc3)cc2)nc(-c2ccccc2)n1. The Labute approximate surface area is 154 Å². The third-order valence-corrected chi connectivity index (χ3v) is 4.46. The molecule has 0 radical (unpaired) electrons. The molecule has 1 aromatic heterocycles. The highest BCUT2D eigenvalue weighted by Crippen LogP contribution is 2.26. The Bertz CT molecular complexity index is 991. The van der Waals surface area contributed by atoms with E-state index >= 15 is 0 Å². The van der Waals surface area contributed by atoms with Crippen LogP contribution < -0.4 is 0 Å². The second-order valence-electron chi connectivity index (χ2n) is 6.23. The highest BCUT2D eigenvalue weighted by Gasteiger charge is 2.08. The lowest BCUT2D eigenvalue weighted by atomic mass is 10.0. The van der Waals surface area contributed by atoms with Crippen LogP contribution in [0.2, 0.25) is 0 Å². The normalized spacial score (nSPS) is 10.7. The van der Waals surface area contributed by atoms with Crippen molar-refractivity contribution in [2.24, 2.45) is 0 Å². The monoisotopic (exact) mass is 336 g/mol. The van der Waals surface area contributed by atoms with Crippen molar-refractivity contribution < 1.29 is 0 Å².